The number of halogens is 2. The van der Waals surface area contributed by atoms with Crippen LogP contribution in [0.15, 0.2) is 24.3 Å². The van der Waals surface area contributed by atoms with E-state index in [1.807, 2.05) is 13.8 Å². The van der Waals surface area contributed by atoms with Crippen LogP contribution in [0.1, 0.15) is 26.2 Å². The highest BCUT2D eigenvalue weighted by molar-refractivity contribution is 5.78. The third-order valence-electron chi connectivity index (χ3n) is 3.42. The summed E-state index contributed by atoms with van der Waals surface area (Å²) in [4.78, 5) is 17.7. The van der Waals surface area contributed by atoms with Gasteiger partial charge in [-0.2, -0.15) is 8.78 Å². The molecular weight excluding hydrogens is 290 g/mol. The Bertz CT molecular complexity index is 642. The SMILES string of the molecule is CCNC(=O)CN(CC)Cc1nc2ccccc2n1C(F)F. The van der Waals surface area contributed by atoms with Gasteiger partial charge in [0.15, 0.2) is 0 Å². The fourth-order valence-electron chi connectivity index (χ4n) is 2.36. The van der Waals surface area contributed by atoms with Crippen LogP contribution >= 0.6 is 0 Å². The standard InChI is InChI=1S/C15H20F2N4O/c1-3-18-14(22)10-20(4-2)9-13-19-11-7-5-6-8-12(11)21(13)15(16)17/h5-8,15H,3-4,9-10H2,1-2H3,(H,18,22). The van der Waals surface area contributed by atoms with Gasteiger partial charge in [0.05, 0.1) is 24.1 Å². The summed E-state index contributed by atoms with van der Waals surface area (Å²) in [6.07, 6.45) is 0. The first kappa shape index (κ1) is 16.4. The molecule has 0 fully saturated rings. The number of hydrogen-bond donors (Lipinski definition) is 1. The Hall–Kier alpha value is -2.02. The molecule has 0 aliphatic carbocycles. The molecule has 1 aromatic heterocycles. The number of carbonyl (C=O) groups is 1. The van der Waals surface area contributed by atoms with Crippen molar-refractivity contribution < 1.29 is 13.6 Å². The van der Waals surface area contributed by atoms with E-state index in [4.69, 9.17) is 0 Å². The summed E-state index contributed by atoms with van der Waals surface area (Å²) in [5.41, 5.74) is 0.938. The number of fused-ring (bicyclic) bond motifs is 1. The minimum atomic E-state index is -2.66. The minimum Gasteiger partial charge on any atom is -0.355 e. The molecule has 1 amide bonds. The van der Waals surface area contributed by atoms with Crippen molar-refractivity contribution in [2.24, 2.45) is 0 Å². The minimum absolute atomic E-state index is 0.121. The molecule has 0 unspecified atom stereocenters. The molecule has 0 atom stereocenters. The van der Waals surface area contributed by atoms with Gasteiger partial charge in [-0.1, -0.05) is 19.1 Å². The Morgan fingerprint density at radius 2 is 2.09 bits per heavy atom. The first-order chi connectivity index (χ1) is 10.6. The first-order valence-corrected chi connectivity index (χ1v) is 7.29. The summed E-state index contributed by atoms with van der Waals surface area (Å²) < 4.78 is 27.6. The van der Waals surface area contributed by atoms with E-state index >= 15 is 0 Å². The lowest BCUT2D eigenvalue weighted by molar-refractivity contribution is -0.122. The zero-order valence-electron chi connectivity index (χ0n) is 12.7. The lowest BCUT2D eigenvalue weighted by atomic mass is 10.3. The van der Waals surface area contributed by atoms with E-state index in [9.17, 15) is 13.6 Å². The second kappa shape index (κ2) is 7.31. The Labute approximate surface area is 127 Å². The fraction of sp³-hybridized carbons (Fsp3) is 0.467. The van der Waals surface area contributed by atoms with Crippen LogP contribution in [0.2, 0.25) is 0 Å². The number of para-hydroxylation sites is 2. The van der Waals surface area contributed by atoms with Gasteiger partial charge in [-0.15, -0.1) is 0 Å². The number of rotatable bonds is 7. The molecule has 1 N–H and O–H groups in total. The number of nitrogens with one attached hydrogen (secondary N) is 1. The molecule has 5 nitrogen and oxygen atoms in total. The van der Waals surface area contributed by atoms with Crippen molar-refractivity contribution in [2.45, 2.75) is 26.9 Å². The zero-order valence-corrected chi connectivity index (χ0v) is 12.7. The maximum absolute atomic E-state index is 13.4. The van der Waals surface area contributed by atoms with Gasteiger partial charge in [0, 0.05) is 6.54 Å². The quantitative estimate of drug-likeness (QED) is 0.854. The van der Waals surface area contributed by atoms with Crippen molar-refractivity contribution >= 4 is 16.9 Å². The third kappa shape index (κ3) is 3.59. The molecule has 22 heavy (non-hydrogen) atoms. The fourth-order valence-corrected chi connectivity index (χ4v) is 2.36. The molecular formula is C15H20F2N4O. The molecule has 0 spiro atoms. The molecule has 0 aliphatic rings. The van der Waals surface area contributed by atoms with E-state index in [1.165, 1.54) is 0 Å². The van der Waals surface area contributed by atoms with Gasteiger partial charge in [0.25, 0.3) is 0 Å². The van der Waals surface area contributed by atoms with Gasteiger partial charge in [-0.25, -0.2) is 4.98 Å². The first-order valence-electron chi connectivity index (χ1n) is 7.29. The Balaban J connectivity index is 2.25. The molecule has 0 aliphatic heterocycles. The molecule has 1 aromatic carbocycles. The summed E-state index contributed by atoms with van der Waals surface area (Å²) in [7, 11) is 0. The lowest BCUT2D eigenvalue weighted by Gasteiger charge is -2.20. The highest BCUT2D eigenvalue weighted by Gasteiger charge is 2.20. The molecule has 2 aromatic rings. The van der Waals surface area contributed by atoms with E-state index < -0.39 is 6.55 Å². The van der Waals surface area contributed by atoms with Gasteiger partial charge >= 0.3 is 6.55 Å². The predicted octanol–water partition coefficient (Wildman–Crippen LogP) is 2.39. The number of alkyl halides is 2. The molecule has 2 rings (SSSR count). The van der Waals surface area contributed by atoms with Crippen molar-refractivity contribution in [3.05, 3.63) is 30.1 Å². The summed E-state index contributed by atoms with van der Waals surface area (Å²) in [6.45, 7) is 2.54. The normalized spacial score (nSPS) is 11.5. The van der Waals surface area contributed by atoms with E-state index in [-0.39, 0.29) is 24.8 Å². The Morgan fingerprint density at radius 1 is 1.36 bits per heavy atom. The summed E-state index contributed by atoms with van der Waals surface area (Å²) in [5.74, 6) is 0.145. The van der Waals surface area contributed by atoms with Crippen LogP contribution in [0.25, 0.3) is 11.0 Å². The number of benzene rings is 1. The highest BCUT2D eigenvalue weighted by Crippen LogP contribution is 2.23. The van der Waals surface area contributed by atoms with Crippen LogP contribution in [0.4, 0.5) is 8.78 Å². The number of likely N-dealkylation sites (N-methyl/N-ethyl adjacent to an activating group) is 2. The number of aromatic nitrogens is 2. The molecule has 1 heterocycles. The topological polar surface area (TPSA) is 50.2 Å². The lowest BCUT2D eigenvalue weighted by Crippen LogP contribution is -2.37. The Kier molecular flexibility index (Phi) is 5.43. The van der Waals surface area contributed by atoms with Crippen LogP contribution in [0, 0.1) is 0 Å². The van der Waals surface area contributed by atoms with Crippen LogP contribution in [0.5, 0.6) is 0 Å². The number of carbonyl (C=O) groups excluding carboxylic acids is 1. The maximum Gasteiger partial charge on any atom is 0.320 e. The summed E-state index contributed by atoms with van der Waals surface area (Å²) in [6, 6.07) is 6.80. The molecule has 0 radical (unpaired) electrons. The maximum atomic E-state index is 13.4. The number of hydrogen-bond acceptors (Lipinski definition) is 3. The van der Waals surface area contributed by atoms with Crippen LogP contribution < -0.4 is 5.32 Å². The molecule has 0 bridgehead atoms. The molecule has 120 valence electrons. The molecule has 0 saturated heterocycles. The van der Waals surface area contributed by atoms with Gasteiger partial charge < -0.3 is 5.32 Å². The largest absolute Gasteiger partial charge is 0.355 e. The second-order valence-electron chi connectivity index (χ2n) is 4.92. The van der Waals surface area contributed by atoms with Crippen LogP contribution in [-0.4, -0.2) is 40.0 Å². The third-order valence-corrected chi connectivity index (χ3v) is 3.42. The second-order valence-corrected chi connectivity index (χ2v) is 4.92. The van der Waals surface area contributed by atoms with Gasteiger partial charge in [-0.05, 0) is 25.6 Å². The van der Waals surface area contributed by atoms with E-state index in [0.29, 0.717) is 24.1 Å². The summed E-state index contributed by atoms with van der Waals surface area (Å²) >= 11 is 0. The van der Waals surface area contributed by atoms with Gasteiger partial charge in [-0.3, -0.25) is 14.3 Å². The average Bonchev–Trinajstić information content (AvgIpc) is 2.84. The van der Waals surface area contributed by atoms with Crippen molar-refractivity contribution in [1.29, 1.82) is 0 Å². The number of amides is 1. The number of nitrogens with zero attached hydrogens (tertiary/aromatic N) is 3. The monoisotopic (exact) mass is 310 g/mol. The van der Waals surface area contributed by atoms with Gasteiger partial charge in [0.1, 0.15) is 5.82 Å². The van der Waals surface area contributed by atoms with Crippen molar-refractivity contribution in [3.63, 3.8) is 0 Å². The average molecular weight is 310 g/mol. The van der Waals surface area contributed by atoms with E-state index in [2.05, 4.69) is 10.3 Å². The van der Waals surface area contributed by atoms with Crippen molar-refractivity contribution in [2.75, 3.05) is 19.6 Å². The molecule has 7 heteroatoms. The molecule has 0 saturated carbocycles. The zero-order chi connectivity index (χ0) is 16.1. The highest BCUT2D eigenvalue weighted by atomic mass is 19.3. The van der Waals surface area contributed by atoms with Gasteiger partial charge in [0.2, 0.25) is 5.91 Å². The van der Waals surface area contributed by atoms with Crippen molar-refractivity contribution in [1.82, 2.24) is 19.8 Å². The predicted molar refractivity (Wildman–Crippen MR) is 80.6 cm³/mol. The van der Waals surface area contributed by atoms with E-state index in [0.717, 1.165) is 4.57 Å². The number of imidazole rings is 1. The van der Waals surface area contributed by atoms with Crippen molar-refractivity contribution in [3.8, 4) is 0 Å². The van der Waals surface area contributed by atoms with Crippen LogP contribution in [0.3, 0.4) is 0 Å². The van der Waals surface area contributed by atoms with E-state index in [1.54, 1.807) is 29.2 Å². The Morgan fingerprint density at radius 3 is 2.73 bits per heavy atom. The van der Waals surface area contributed by atoms with Crippen LogP contribution in [-0.2, 0) is 11.3 Å². The summed E-state index contributed by atoms with van der Waals surface area (Å²) in [5, 5.41) is 2.70. The smallest absolute Gasteiger partial charge is 0.320 e.